The van der Waals surface area contributed by atoms with Crippen molar-refractivity contribution in [3.63, 3.8) is 0 Å². The number of carbonyl (C=O) groups excluding carboxylic acids is 2. The molecule has 9 heteroatoms. The topological polar surface area (TPSA) is 111 Å². The van der Waals surface area contributed by atoms with Gasteiger partial charge in [-0.05, 0) is 43.2 Å². The van der Waals surface area contributed by atoms with Crippen LogP contribution in [0.3, 0.4) is 0 Å². The Morgan fingerprint density at radius 1 is 0.857 bits per heavy atom. The van der Waals surface area contributed by atoms with E-state index in [1.54, 1.807) is 42.5 Å². The fourth-order valence-corrected chi connectivity index (χ4v) is 4.01. The predicted molar refractivity (Wildman–Crippen MR) is 134 cm³/mol. The molecule has 2 aromatic heterocycles. The summed E-state index contributed by atoms with van der Waals surface area (Å²) in [5, 5.41) is 11.2. The number of hydrogen-bond acceptors (Lipinski definition) is 6. The van der Waals surface area contributed by atoms with Crippen LogP contribution < -0.4 is 5.56 Å². The first-order chi connectivity index (χ1) is 17.0. The minimum atomic E-state index is -0.259. The van der Waals surface area contributed by atoms with Crippen LogP contribution in [-0.4, -0.2) is 36.5 Å². The van der Waals surface area contributed by atoms with Crippen LogP contribution in [-0.2, 0) is 11.3 Å². The van der Waals surface area contributed by atoms with Crippen molar-refractivity contribution in [2.24, 2.45) is 0 Å². The number of aromatic amines is 1. The molecule has 0 saturated heterocycles. The molecule has 0 unspecified atom stereocenters. The molecule has 180 valence electrons. The van der Waals surface area contributed by atoms with Crippen molar-refractivity contribution < 1.29 is 9.59 Å². The van der Waals surface area contributed by atoms with E-state index in [1.165, 1.54) is 17.0 Å². The van der Waals surface area contributed by atoms with Crippen LogP contribution in [0.5, 0.6) is 0 Å². The fraction of sp³-hybridized carbons (Fsp3) is 0.308. The monoisotopic (exact) mass is 491 g/mol. The Bertz CT molecular complexity index is 1380. The third kappa shape index (κ3) is 6.70. The highest BCUT2D eigenvalue weighted by Gasteiger charge is 2.09. The van der Waals surface area contributed by atoms with Crippen LogP contribution in [0.1, 0.15) is 55.3 Å². The van der Waals surface area contributed by atoms with E-state index >= 15 is 0 Å². The molecule has 0 aliphatic rings. The first-order valence-electron chi connectivity index (χ1n) is 11.7. The van der Waals surface area contributed by atoms with Gasteiger partial charge in [-0.2, -0.15) is 15.4 Å². The summed E-state index contributed by atoms with van der Waals surface area (Å²) >= 11 is 5.90. The van der Waals surface area contributed by atoms with E-state index in [-0.39, 0.29) is 23.7 Å². The molecule has 0 aliphatic heterocycles. The Labute approximate surface area is 207 Å². The number of ketones is 2. The summed E-state index contributed by atoms with van der Waals surface area (Å²) in [5.41, 5.74) is 3.17. The van der Waals surface area contributed by atoms with Gasteiger partial charge in [0.2, 0.25) is 0 Å². The highest BCUT2D eigenvalue weighted by Crippen LogP contribution is 2.18. The van der Waals surface area contributed by atoms with Crippen molar-refractivity contribution in [2.45, 2.75) is 51.5 Å². The van der Waals surface area contributed by atoms with Gasteiger partial charge >= 0.3 is 0 Å². The molecular formula is C26H26ClN5O3. The van der Waals surface area contributed by atoms with E-state index in [0.717, 1.165) is 43.2 Å². The Morgan fingerprint density at radius 3 is 2.34 bits per heavy atom. The number of aromatic nitrogens is 5. The summed E-state index contributed by atoms with van der Waals surface area (Å²) in [7, 11) is 0. The Morgan fingerprint density at radius 2 is 1.57 bits per heavy atom. The largest absolute Gasteiger partial charge is 0.298 e. The molecule has 4 aromatic rings. The number of benzene rings is 2. The smallest absolute Gasteiger partial charge is 0.254 e. The molecule has 35 heavy (non-hydrogen) atoms. The Balaban J connectivity index is 1.13. The number of Topliss-reactive ketones (excluding diaryl/α,β-unsaturated/α-hetero) is 2. The maximum absolute atomic E-state index is 12.4. The molecular weight excluding hydrogens is 466 g/mol. The number of hydrogen-bond donors (Lipinski definition) is 1. The Hall–Kier alpha value is -3.65. The summed E-state index contributed by atoms with van der Waals surface area (Å²) in [6.07, 6.45) is 6.70. The lowest BCUT2D eigenvalue weighted by molar-refractivity contribution is -0.119. The maximum atomic E-state index is 12.4. The molecule has 2 aromatic carbocycles. The van der Waals surface area contributed by atoms with Gasteiger partial charge in [-0.3, -0.25) is 19.0 Å². The van der Waals surface area contributed by atoms with Crippen molar-refractivity contribution in [3.8, 4) is 11.3 Å². The van der Waals surface area contributed by atoms with Crippen molar-refractivity contribution >= 4 is 34.2 Å². The number of H-pyrrole nitrogens is 1. The lowest BCUT2D eigenvalue weighted by Crippen LogP contribution is -2.24. The van der Waals surface area contributed by atoms with Gasteiger partial charge < -0.3 is 0 Å². The van der Waals surface area contributed by atoms with Crippen LogP contribution in [0, 0.1) is 0 Å². The summed E-state index contributed by atoms with van der Waals surface area (Å²) in [6.45, 7) is 0.0249. The van der Waals surface area contributed by atoms with Crippen LogP contribution in [0.25, 0.3) is 22.3 Å². The first-order valence-corrected chi connectivity index (χ1v) is 12.1. The molecule has 0 atom stereocenters. The molecule has 0 radical (unpaired) electrons. The summed E-state index contributed by atoms with van der Waals surface area (Å²) in [4.78, 5) is 41.4. The van der Waals surface area contributed by atoms with Crippen molar-refractivity contribution in [3.05, 3.63) is 75.8 Å². The van der Waals surface area contributed by atoms with Crippen LogP contribution in [0.15, 0.2) is 59.7 Å². The molecule has 0 amide bonds. The lowest BCUT2D eigenvalue weighted by atomic mass is 10.0. The quantitative estimate of drug-likeness (QED) is 0.220. The Kier molecular flexibility index (Phi) is 8.15. The second-order valence-electron chi connectivity index (χ2n) is 8.50. The number of halogens is 1. The van der Waals surface area contributed by atoms with E-state index < -0.39 is 0 Å². The van der Waals surface area contributed by atoms with Gasteiger partial charge in [-0.1, -0.05) is 43.0 Å². The zero-order valence-electron chi connectivity index (χ0n) is 19.2. The number of unbranched alkanes of at least 4 members (excludes halogenated alkanes) is 4. The normalized spacial score (nSPS) is 11.1. The molecule has 8 nitrogen and oxygen atoms in total. The van der Waals surface area contributed by atoms with Gasteiger partial charge in [-0.25, -0.2) is 4.98 Å². The van der Waals surface area contributed by atoms with Gasteiger partial charge in [-0.15, -0.1) is 0 Å². The van der Waals surface area contributed by atoms with E-state index in [9.17, 15) is 14.4 Å². The molecule has 0 bridgehead atoms. The van der Waals surface area contributed by atoms with Crippen molar-refractivity contribution in [2.75, 3.05) is 0 Å². The third-order valence-corrected chi connectivity index (χ3v) is 6.12. The second kappa shape index (κ2) is 11.7. The number of nitrogens with one attached hydrogen (secondary N) is 1. The molecule has 0 aliphatic carbocycles. The summed E-state index contributed by atoms with van der Waals surface area (Å²) < 4.78 is 1.34. The van der Waals surface area contributed by atoms with Crippen molar-refractivity contribution in [1.29, 1.82) is 0 Å². The lowest BCUT2D eigenvalue weighted by Gasteiger charge is -2.07. The maximum Gasteiger partial charge on any atom is 0.254 e. The third-order valence-electron chi connectivity index (χ3n) is 5.86. The standard InChI is InChI=1S/C26H26ClN5O3/c27-20-11-8-18(9-12-20)23-15-26(35)32(17-28-23)16-21(33)6-4-2-1-3-5-7-25(34)19-10-13-22-24(14-19)30-31-29-22/h8-15,17H,1-7,16H2,(H,29,30,31). The first kappa shape index (κ1) is 24.5. The summed E-state index contributed by atoms with van der Waals surface area (Å²) in [6, 6.07) is 13.8. The minimum absolute atomic E-state index is 0.00608. The molecule has 4 rings (SSSR count). The minimum Gasteiger partial charge on any atom is -0.298 e. The van der Waals surface area contributed by atoms with Crippen molar-refractivity contribution in [1.82, 2.24) is 25.0 Å². The second-order valence-corrected chi connectivity index (χ2v) is 8.94. The number of fused-ring (bicyclic) bond motifs is 1. The molecule has 0 saturated carbocycles. The van der Waals surface area contributed by atoms with E-state index in [4.69, 9.17) is 11.6 Å². The van der Waals surface area contributed by atoms with E-state index in [2.05, 4.69) is 20.4 Å². The van der Waals surface area contributed by atoms with Gasteiger partial charge in [0, 0.05) is 35.1 Å². The highest BCUT2D eigenvalue weighted by molar-refractivity contribution is 6.30. The van der Waals surface area contributed by atoms with Gasteiger partial charge in [0.05, 0.1) is 18.6 Å². The molecule has 2 heterocycles. The average Bonchev–Trinajstić information content (AvgIpc) is 3.33. The van der Waals surface area contributed by atoms with Gasteiger partial charge in [0.15, 0.2) is 11.6 Å². The highest BCUT2D eigenvalue weighted by atomic mass is 35.5. The average molecular weight is 492 g/mol. The van der Waals surface area contributed by atoms with Gasteiger partial charge in [0.1, 0.15) is 11.0 Å². The van der Waals surface area contributed by atoms with Crippen LogP contribution >= 0.6 is 11.6 Å². The molecule has 1 N–H and O–H groups in total. The molecule has 0 spiro atoms. The number of rotatable bonds is 12. The molecule has 0 fully saturated rings. The SMILES string of the molecule is O=C(CCCCCCCC(=O)c1ccc2n[nH]nc2c1)Cn1cnc(-c2ccc(Cl)cc2)cc1=O. The van der Waals surface area contributed by atoms with Gasteiger partial charge in [0.25, 0.3) is 5.56 Å². The zero-order chi connectivity index (χ0) is 24.6. The summed E-state index contributed by atoms with van der Waals surface area (Å²) in [5.74, 6) is 0.109. The van der Waals surface area contributed by atoms with E-state index in [1.807, 2.05) is 0 Å². The van der Waals surface area contributed by atoms with Crippen LogP contribution in [0.4, 0.5) is 0 Å². The number of nitrogens with zero attached hydrogens (tertiary/aromatic N) is 4. The fourth-order valence-electron chi connectivity index (χ4n) is 3.89. The van der Waals surface area contributed by atoms with E-state index in [0.29, 0.717) is 34.6 Å². The predicted octanol–water partition coefficient (Wildman–Crippen LogP) is 5.02. The zero-order valence-corrected chi connectivity index (χ0v) is 20.0. The number of carbonyl (C=O) groups is 2. The van der Waals surface area contributed by atoms with Crippen LogP contribution in [0.2, 0.25) is 5.02 Å².